The second-order valence-electron chi connectivity index (χ2n) is 5.27. The maximum atomic E-state index is 12.1. The number of nitrogen functional groups attached to an aromatic ring is 1. The normalized spacial score (nSPS) is 10.4. The molecule has 1 amide bonds. The number of carbonyl (C=O) groups is 1. The number of benzene rings is 2. The average Bonchev–Trinajstić information content (AvgIpc) is 2.54. The first-order valence-corrected chi connectivity index (χ1v) is 7.35. The quantitative estimate of drug-likeness (QED) is 0.631. The summed E-state index contributed by atoms with van der Waals surface area (Å²) in [5.74, 6) is 0.0769. The van der Waals surface area contributed by atoms with Gasteiger partial charge in [0.25, 0.3) is 0 Å². The maximum Gasteiger partial charge on any atom is 0.226 e. The number of nitrogens with zero attached hydrogens (tertiary/aromatic N) is 1. The van der Waals surface area contributed by atoms with Gasteiger partial charge in [-0.2, -0.15) is 0 Å². The monoisotopic (exact) mass is 298 g/mol. The van der Waals surface area contributed by atoms with E-state index in [0.717, 1.165) is 11.1 Å². The van der Waals surface area contributed by atoms with Gasteiger partial charge in [0.05, 0.1) is 19.6 Å². The maximum absolute atomic E-state index is 12.1. The van der Waals surface area contributed by atoms with E-state index in [-0.39, 0.29) is 5.91 Å². The Kier molecular flexibility index (Phi) is 5.98. The fourth-order valence-electron chi connectivity index (χ4n) is 2.04. The molecule has 2 N–H and O–H groups in total. The Morgan fingerprint density at radius 2 is 1.73 bits per heavy atom. The van der Waals surface area contributed by atoms with Crippen LogP contribution in [0.2, 0.25) is 0 Å². The molecular weight excluding hydrogens is 276 g/mol. The van der Waals surface area contributed by atoms with Crippen LogP contribution in [0.4, 0.5) is 5.69 Å². The lowest BCUT2D eigenvalue weighted by Gasteiger charge is -2.17. The molecule has 2 aromatic carbocycles. The summed E-state index contributed by atoms with van der Waals surface area (Å²) in [5, 5.41) is 0. The zero-order valence-corrected chi connectivity index (χ0v) is 12.9. The van der Waals surface area contributed by atoms with Gasteiger partial charge >= 0.3 is 0 Å². The molecule has 0 heterocycles. The van der Waals surface area contributed by atoms with Crippen molar-refractivity contribution >= 4 is 11.6 Å². The second kappa shape index (κ2) is 8.20. The molecule has 2 rings (SSSR count). The zero-order valence-electron chi connectivity index (χ0n) is 12.9. The molecule has 0 spiro atoms. The molecule has 0 fully saturated rings. The number of anilines is 1. The highest BCUT2D eigenvalue weighted by molar-refractivity contribution is 5.78. The van der Waals surface area contributed by atoms with Gasteiger partial charge in [-0.1, -0.05) is 42.5 Å². The highest BCUT2D eigenvalue weighted by Gasteiger charge is 2.09. The highest BCUT2D eigenvalue weighted by atomic mass is 16.5. The summed E-state index contributed by atoms with van der Waals surface area (Å²) in [5.41, 5.74) is 8.45. The van der Waals surface area contributed by atoms with Crippen LogP contribution >= 0.6 is 0 Å². The third-order valence-corrected chi connectivity index (χ3v) is 3.44. The van der Waals surface area contributed by atoms with Crippen molar-refractivity contribution in [1.82, 2.24) is 4.90 Å². The van der Waals surface area contributed by atoms with E-state index in [9.17, 15) is 4.79 Å². The Hall–Kier alpha value is -2.33. The molecule has 0 aliphatic heterocycles. The third kappa shape index (κ3) is 5.22. The molecule has 4 heteroatoms. The lowest BCUT2D eigenvalue weighted by molar-refractivity contribution is -0.129. The number of likely N-dealkylation sites (N-methyl/N-ethyl adjacent to an activating group) is 1. The van der Waals surface area contributed by atoms with Crippen molar-refractivity contribution in [3.63, 3.8) is 0 Å². The van der Waals surface area contributed by atoms with E-state index in [1.165, 1.54) is 0 Å². The molecule has 0 aliphatic carbocycles. The first kappa shape index (κ1) is 16.0. The molecule has 0 radical (unpaired) electrons. The van der Waals surface area contributed by atoms with Crippen molar-refractivity contribution in [3.8, 4) is 0 Å². The molecule has 0 unspecified atom stereocenters. The van der Waals surface area contributed by atoms with E-state index in [0.29, 0.717) is 31.9 Å². The van der Waals surface area contributed by atoms with Gasteiger partial charge in [-0.3, -0.25) is 4.79 Å². The molecule has 0 atom stereocenters. The summed E-state index contributed by atoms with van der Waals surface area (Å²) in [7, 11) is 1.80. The minimum atomic E-state index is 0.0769. The summed E-state index contributed by atoms with van der Waals surface area (Å²) in [6, 6.07) is 17.4. The minimum absolute atomic E-state index is 0.0769. The number of nitrogens with two attached hydrogens (primary N) is 1. The molecular formula is C18H22N2O2. The third-order valence-electron chi connectivity index (χ3n) is 3.44. The van der Waals surface area contributed by atoms with Crippen LogP contribution in [0.5, 0.6) is 0 Å². The van der Waals surface area contributed by atoms with E-state index in [2.05, 4.69) is 0 Å². The van der Waals surface area contributed by atoms with Gasteiger partial charge in [0.2, 0.25) is 5.91 Å². The molecule has 116 valence electrons. The summed E-state index contributed by atoms with van der Waals surface area (Å²) in [4.78, 5) is 13.8. The predicted octanol–water partition coefficient (Wildman–Crippen LogP) is 2.49. The lowest BCUT2D eigenvalue weighted by Crippen LogP contribution is -2.31. The summed E-state index contributed by atoms with van der Waals surface area (Å²) in [6.45, 7) is 1.68. The average molecular weight is 298 g/mol. The minimum Gasteiger partial charge on any atom is -0.399 e. The van der Waals surface area contributed by atoms with Crippen LogP contribution in [0.15, 0.2) is 54.6 Å². The van der Waals surface area contributed by atoms with Gasteiger partial charge in [-0.25, -0.2) is 0 Å². The molecule has 0 saturated carbocycles. The van der Waals surface area contributed by atoms with Crippen molar-refractivity contribution in [1.29, 1.82) is 0 Å². The van der Waals surface area contributed by atoms with Crippen molar-refractivity contribution < 1.29 is 9.53 Å². The van der Waals surface area contributed by atoms with Gasteiger partial charge < -0.3 is 15.4 Å². The number of ether oxygens (including phenoxy) is 1. The number of amides is 1. The van der Waals surface area contributed by atoms with Gasteiger partial charge in [-0.15, -0.1) is 0 Å². The Morgan fingerprint density at radius 3 is 2.41 bits per heavy atom. The first-order chi connectivity index (χ1) is 10.6. The fourth-order valence-corrected chi connectivity index (χ4v) is 2.04. The Morgan fingerprint density at radius 1 is 1.05 bits per heavy atom. The molecule has 2 aromatic rings. The smallest absolute Gasteiger partial charge is 0.226 e. The van der Waals surface area contributed by atoms with E-state index in [4.69, 9.17) is 10.5 Å². The first-order valence-electron chi connectivity index (χ1n) is 7.35. The van der Waals surface area contributed by atoms with Gasteiger partial charge in [0.15, 0.2) is 0 Å². The van der Waals surface area contributed by atoms with Crippen molar-refractivity contribution in [3.05, 3.63) is 65.7 Å². The SMILES string of the molecule is CN(CCOCc1ccccc1)C(=O)Cc1ccc(N)cc1. The zero-order chi connectivity index (χ0) is 15.8. The summed E-state index contributed by atoms with van der Waals surface area (Å²) >= 11 is 0. The summed E-state index contributed by atoms with van der Waals surface area (Å²) < 4.78 is 5.60. The van der Waals surface area contributed by atoms with Crippen LogP contribution in [0.1, 0.15) is 11.1 Å². The number of hydrogen-bond donors (Lipinski definition) is 1. The van der Waals surface area contributed by atoms with Crippen molar-refractivity contribution in [2.45, 2.75) is 13.0 Å². The van der Waals surface area contributed by atoms with Crippen molar-refractivity contribution in [2.24, 2.45) is 0 Å². The predicted molar refractivity (Wildman–Crippen MR) is 88.3 cm³/mol. The molecule has 0 saturated heterocycles. The molecule has 4 nitrogen and oxygen atoms in total. The topological polar surface area (TPSA) is 55.6 Å². The van der Waals surface area contributed by atoms with E-state index in [1.807, 2.05) is 54.6 Å². The van der Waals surface area contributed by atoms with Crippen LogP contribution in [0.25, 0.3) is 0 Å². The van der Waals surface area contributed by atoms with Crippen LogP contribution in [0.3, 0.4) is 0 Å². The van der Waals surface area contributed by atoms with Crippen LogP contribution in [-0.4, -0.2) is 31.0 Å². The van der Waals surface area contributed by atoms with Crippen LogP contribution < -0.4 is 5.73 Å². The van der Waals surface area contributed by atoms with Gasteiger partial charge in [0, 0.05) is 19.3 Å². The highest BCUT2D eigenvalue weighted by Crippen LogP contribution is 2.07. The van der Waals surface area contributed by atoms with Crippen molar-refractivity contribution in [2.75, 3.05) is 25.9 Å². The van der Waals surface area contributed by atoms with E-state index < -0.39 is 0 Å². The Bertz CT molecular complexity index is 582. The standard InChI is InChI=1S/C18H22N2O2/c1-20(11-12-22-14-16-5-3-2-4-6-16)18(21)13-15-7-9-17(19)10-8-15/h2-10H,11-14,19H2,1H3. The molecule has 22 heavy (non-hydrogen) atoms. The lowest BCUT2D eigenvalue weighted by atomic mass is 10.1. The van der Waals surface area contributed by atoms with E-state index in [1.54, 1.807) is 11.9 Å². The summed E-state index contributed by atoms with van der Waals surface area (Å²) in [6.07, 6.45) is 0.384. The molecule has 0 aliphatic rings. The van der Waals surface area contributed by atoms with Crippen LogP contribution in [-0.2, 0) is 22.6 Å². The number of rotatable bonds is 7. The Labute approximate surface area is 131 Å². The van der Waals surface area contributed by atoms with Crippen LogP contribution in [0, 0.1) is 0 Å². The fraction of sp³-hybridized carbons (Fsp3) is 0.278. The van der Waals surface area contributed by atoms with E-state index >= 15 is 0 Å². The number of carbonyl (C=O) groups excluding carboxylic acids is 1. The molecule has 0 bridgehead atoms. The Balaban J connectivity index is 1.69. The van der Waals surface area contributed by atoms with Gasteiger partial charge in [0.1, 0.15) is 0 Å². The second-order valence-corrected chi connectivity index (χ2v) is 5.27. The molecule has 0 aromatic heterocycles. The number of hydrogen-bond acceptors (Lipinski definition) is 3. The largest absolute Gasteiger partial charge is 0.399 e. The van der Waals surface area contributed by atoms with Gasteiger partial charge in [-0.05, 0) is 23.3 Å².